The molecule has 0 saturated heterocycles. The first-order valence-electron chi connectivity index (χ1n) is 8.46. The van der Waals surface area contributed by atoms with Gasteiger partial charge in [0.25, 0.3) is 0 Å². The molecule has 1 aliphatic carbocycles. The summed E-state index contributed by atoms with van der Waals surface area (Å²) in [6.07, 6.45) is 10.3. The zero-order chi connectivity index (χ0) is 15.3. The number of carbonyl (C=O) groups is 2. The van der Waals surface area contributed by atoms with E-state index >= 15 is 0 Å². The molecule has 1 rings (SSSR count). The smallest absolute Gasteiger partial charge is 0.220 e. The fourth-order valence-corrected chi connectivity index (χ4v) is 2.82. The largest absolute Gasteiger partial charge is 0.354 e. The van der Waals surface area contributed by atoms with Crippen LogP contribution in [0.5, 0.6) is 0 Å². The van der Waals surface area contributed by atoms with Crippen molar-refractivity contribution in [3.8, 4) is 0 Å². The van der Waals surface area contributed by atoms with Gasteiger partial charge in [-0.15, -0.1) is 0 Å². The van der Waals surface area contributed by atoms with E-state index in [4.69, 9.17) is 5.73 Å². The molecule has 0 aliphatic heterocycles. The Morgan fingerprint density at radius 3 is 2.24 bits per heavy atom. The number of rotatable bonds is 10. The zero-order valence-corrected chi connectivity index (χ0v) is 13.2. The minimum atomic E-state index is 0.0635. The van der Waals surface area contributed by atoms with Crippen LogP contribution < -0.4 is 16.4 Å². The van der Waals surface area contributed by atoms with Crippen LogP contribution >= 0.6 is 0 Å². The molecule has 0 bridgehead atoms. The molecule has 2 amide bonds. The molecule has 122 valence electrons. The lowest BCUT2D eigenvalue weighted by Crippen LogP contribution is -2.35. The maximum absolute atomic E-state index is 11.8. The second-order valence-corrected chi connectivity index (χ2v) is 6.01. The summed E-state index contributed by atoms with van der Waals surface area (Å²) in [7, 11) is 0. The van der Waals surface area contributed by atoms with Gasteiger partial charge in [-0.2, -0.15) is 0 Å². The molecule has 0 aromatic heterocycles. The number of unbranched alkanes of at least 4 members (excludes halogenated alkanes) is 2. The molecule has 0 spiro atoms. The molecule has 1 saturated carbocycles. The van der Waals surface area contributed by atoms with Crippen LogP contribution in [0.1, 0.15) is 64.2 Å². The highest BCUT2D eigenvalue weighted by Crippen LogP contribution is 2.25. The van der Waals surface area contributed by atoms with E-state index in [1.54, 1.807) is 0 Å². The topological polar surface area (TPSA) is 84.2 Å². The van der Waals surface area contributed by atoms with Crippen LogP contribution in [0.15, 0.2) is 0 Å². The third-order valence-electron chi connectivity index (χ3n) is 4.08. The van der Waals surface area contributed by atoms with Gasteiger partial charge in [-0.25, -0.2) is 0 Å². The summed E-state index contributed by atoms with van der Waals surface area (Å²) in [5, 5.41) is 5.73. The van der Waals surface area contributed by atoms with Crippen LogP contribution in [0.4, 0.5) is 0 Å². The molecule has 0 aromatic carbocycles. The van der Waals surface area contributed by atoms with Gasteiger partial charge in [0.1, 0.15) is 0 Å². The van der Waals surface area contributed by atoms with Gasteiger partial charge < -0.3 is 16.4 Å². The Morgan fingerprint density at radius 2 is 1.57 bits per heavy atom. The van der Waals surface area contributed by atoms with Crippen LogP contribution in [0.25, 0.3) is 0 Å². The highest BCUT2D eigenvalue weighted by Gasteiger charge is 2.16. The number of carbonyl (C=O) groups excluding carboxylic acids is 2. The molecular formula is C16H31N3O2. The number of nitrogens with one attached hydrogen (secondary N) is 2. The predicted octanol–water partition coefficient (Wildman–Crippen LogP) is 1.71. The lowest BCUT2D eigenvalue weighted by molar-refractivity contribution is -0.123. The van der Waals surface area contributed by atoms with Gasteiger partial charge in [0.2, 0.25) is 11.8 Å². The number of nitrogens with two attached hydrogens (primary N) is 1. The average Bonchev–Trinajstić information content (AvgIpc) is 2.49. The van der Waals surface area contributed by atoms with Gasteiger partial charge in [-0.1, -0.05) is 25.7 Å². The summed E-state index contributed by atoms with van der Waals surface area (Å²) in [4.78, 5) is 23.3. The molecule has 0 radical (unpaired) electrons. The first kappa shape index (κ1) is 18.0. The van der Waals surface area contributed by atoms with Gasteiger partial charge in [-0.05, 0) is 38.1 Å². The molecule has 5 nitrogen and oxygen atoms in total. The molecule has 0 heterocycles. The summed E-state index contributed by atoms with van der Waals surface area (Å²) in [6, 6.07) is 0. The van der Waals surface area contributed by atoms with E-state index in [1.165, 1.54) is 32.1 Å². The Balaban J connectivity index is 1.95. The summed E-state index contributed by atoms with van der Waals surface area (Å²) in [5.74, 6) is 0.753. The molecule has 0 aromatic rings. The Labute approximate surface area is 128 Å². The second kappa shape index (κ2) is 11.5. The maximum atomic E-state index is 11.8. The third-order valence-corrected chi connectivity index (χ3v) is 4.08. The monoisotopic (exact) mass is 297 g/mol. The summed E-state index contributed by atoms with van der Waals surface area (Å²) in [6.45, 7) is 1.74. The fourth-order valence-electron chi connectivity index (χ4n) is 2.82. The van der Waals surface area contributed by atoms with Crippen LogP contribution in [0.2, 0.25) is 0 Å². The molecule has 0 unspecified atom stereocenters. The van der Waals surface area contributed by atoms with Crippen LogP contribution in [0.3, 0.4) is 0 Å². The van der Waals surface area contributed by atoms with Crippen molar-refractivity contribution in [2.45, 2.75) is 64.2 Å². The third kappa shape index (κ3) is 9.45. The van der Waals surface area contributed by atoms with Crippen molar-refractivity contribution in [2.24, 2.45) is 11.7 Å². The van der Waals surface area contributed by atoms with Crippen molar-refractivity contribution in [1.82, 2.24) is 10.6 Å². The SMILES string of the molecule is NCCCCCC(=O)NCCNC(=O)CC1CCCCC1. The van der Waals surface area contributed by atoms with Crippen LogP contribution in [-0.2, 0) is 9.59 Å². The molecule has 4 N–H and O–H groups in total. The van der Waals surface area contributed by atoms with Gasteiger partial charge >= 0.3 is 0 Å². The normalized spacial score (nSPS) is 15.7. The highest BCUT2D eigenvalue weighted by molar-refractivity contribution is 5.77. The lowest BCUT2D eigenvalue weighted by Gasteiger charge is -2.20. The second-order valence-electron chi connectivity index (χ2n) is 6.01. The van der Waals surface area contributed by atoms with E-state index < -0.39 is 0 Å². The molecule has 21 heavy (non-hydrogen) atoms. The quantitative estimate of drug-likeness (QED) is 0.537. The van der Waals surface area contributed by atoms with Gasteiger partial charge in [0.15, 0.2) is 0 Å². The standard InChI is InChI=1S/C16H31N3O2/c17-10-6-2-5-9-15(20)18-11-12-19-16(21)13-14-7-3-1-4-8-14/h14H,1-13,17H2,(H,18,20)(H,19,21). The van der Waals surface area contributed by atoms with Gasteiger partial charge in [0, 0.05) is 25.9 Å². The minimum absolute atomic E-state index is 0.0635. The Bertz CT molecular complexity index is 302. The molecule has 5 heteroatoms. The van der Waals surface area contributed by atoms with E-state index in [9.17, 15) is 9.59 Å². The molecular weight excluding hydrogens is 266 g/mol. The van der Waals surface area contributed by atoms with Crippen molar-refractivity contribution < 1.29 is 9.59 Å². The summed E-state index contributed by atoms with van der Waals surface area (Å²) < 4.78 is 0. The van der Waals surface area contributed by atoms with E-state index in [2.05, 4.69) is 10.6 Å². The van der Waals surface area contributed by atoms with Gasteiger partial charge in [0.05, 0.1) is 0 Å². The first-order valence-corrected chi connectivity index (χ1v) is 8.46. The van der Waals surface area contributed by atoms with E-state index in [0.717, 1.165) is 19.3 Å². The maximum Gasteiger partial charge on any atom is 0.220 e. The van der Waals surface area contributed by atoms with Crippen molar-refractivity contribution in [1.29, 1.82) is 0 Å². The van der Waals surface area contributed by atoms with Crippen molar-refractivity contribution in [3.05, 3.63) is 0 Å². The average molecular weight is 297 g/mol. The van der Waals surface area contributed by atoms with Gasteiger partial charge in [-0.3, -0.25) is 9.59 Å². The summed E-state index contributed by atoms with van der Waals surface area (Å²) in [5.41, 5.74) is 5.40. The predicted molar refractivity (Wildman–Crippen MR) is 84.7 cm³/mol. The minimum Gasteiger partial charge on any atom is -0.354 e. The first-order chi connectivity index (χ1) is 10.2. The van der Waals surface area contributed by atoms with Crippen molar-refractivity contribution in [3.63, 3.8) is 0 Å². The highest BCUT2D eigenvalue weighted by atomic mass is 16.2. The van der Waals surface area contributed by atoms with E-state index in [1.807, 2.05) is 0 Å². The van der Waals surface area contributed by atoms with E-state index in [0.29, 0.717) is 38.4 Å². The number of hydrogen-bond acceptors (Lipinski definition) is 3. The van der Waals surface area contributed by atoms with Crippen LogP contribution in [-0.4, -0.2) is 31.4 Å². The fraction of sp³-hybridized carbons (Fsp3) is 0.875. The van der Waals surface area contributed by atoms with Crippen molar-refractivity contribution in [2.75, 3.05) is 19.6 Å². The Morgan fingerprint density at radius 1 is 0.905 bits per heavy atom. The lowest BCUT2D eigenvalue weighted by atomic mass is 9.87. The van der Waals surface area contributed by atoms with Crippen LogP contribution in [0, 0.1) is 5.92 Å². The summed E-state index contributed by atoms with van der Waals surface area (Å²) >= 11 is 0. The number of hydrogen-bond donors (Lipinski definition) is 3. The molecule has 1 fully saturated rings. The Hall–Kier alpha value is -1.10. The Kier molecular flexibility index (Phi) is 9.87. The molecule has 1 aliphatic rings. The molecule has 0 atom stereocenters. The zero-order valence-electron chi connectivity index (χ0n) is 13.2. The number of amides is 2. The van der Waals surface area contributed by atoms with Crippen molar-refractivity contribution >= 4 is 11.8 Å². The van der Waals surface area contributed by atoms with E-state index in [-0.39, 0.29) is 11.8 Å².